The summed E-state index contributed by atoms with van der Waals surface area (Å²) in [6.45, 7) is 3.58. The Morgan fingerprint density at radius 1 is 0.781 bits per heavy atom. The number of ether oxygens (including phenoxy) is 1. The summed E-state index contributed by atoms with van der Waals surface area (Å²) >= 11 is 0. The smallest absolute Gasteiger partial charge is 0.254 e. The van der Waals surface area contributed by atoms with Crippen molar-refractivity contribution in [3.8, 4) is 5.75 Å². The van der Waals surface area contributed by atoms with Crippen molar-refractivity contribution >= 4 is 27.7 Å². The molecule has 2 N–H and O–H groups in total. The zero-order valence-electron chi connectivity index (χ0n) is 18.0. The number of carbonyl (C=O) groups is 1. The summed E-state index contributed by atoms with van der Waals surface area (Å²) in [6, 6.07) is 23.9. The van der Waals surface area contributed by atoms with Crippen LogP contribution in [0.4, 0.5) is 0 Å². The molecule has 0 fully saturated rings. The van der Waals surface area contributed by atoms with Crippen molar-refractivity contribution in [2.45, 2.75) is 20.0 Å². The Labute approximate surface area is 186 Å². The molecule has 5 rings (SSSR count). The summed E-state index contributed by atoms with van der Waals surface area (Å²) in [4.78, 5) is 22.1. The van der Waals surface area contributed by atoms with Crippen LogP contribution in [0.5, 0.6) is 5.75 Å². The maximum absolute atomic E-state index is 13.6. The zero-order valence-corrected chi connectivity index (χ0v) is 18.0. The first-order chi connectivity index (χ1) is 15.7. The first-order valence-electron chi connectivity index (χ1n) is 10.8. The van der Waals surface area contributed by atoms with Gasteiger partial charge in [-0.2, -0.15) is 0 Å². The number of nitrogens with one attached hydrogen (secondary N) is 2. The molecule has 0 aliphatic carbocycles. The number of aromatic amines is 2. The maximum Gasteiger partial charge on any atom is 0.254 e. The van der Waals surface area contributed by atoms with E-state index >= 15 is 0 Å². The van der Waals surface area contributed by atoms with Gasteiger partial charge in [0.15, 0.2) is 0 Å². The molecule has 0 unspecified atom stereocenters. The monoisotopic (exact) mass is 423 g/mol. The number of H-pyrrole nitrogens is 2. The van der Waals surface area contributed by atoms with E-state index in [4.69, 9.17) is 4.74 Å². The molecule has 0 aliphatic heterocycles. The third kappa shape index (κ3) is 3.85. The highest BCUT2D eigenvalue weighted by Gasteiger charge is 2.19. The van der Waals surface area contributed by atoms with Gasteiger partial charge < -0.3 is 19.6 Å². The predicted octanol–water partition coefficient (Wildman–Crippen LogP) is 5.89. The first kappa shape index (κ1) is 19.9. The molecule has 0 bridgehead atoms. The number of rotatable bonds is 7. The highest BCUT2D eigenvalue weighted by Crippen LogP contribution is 2.25. The average Bonchev–Trinajstić information content (AvgIpc) is 3.49. The van der Waals surface area contributed by atoms with E-state index in [1.54, 1.807) is 0 Å². The predicted molar refractivity (Wildman–Crippen MR) is 128 cm³/mol. The molecule has 0 aliphatic rings. The van der Waals surface area contributed by atoms with Crippen LogP contribution in [0.3, 0.4) is 0 Å². The molecular weight excluding hydrogens is 398 g/mol. The first-order valence-corrected chi connectivity index (χ1v) is 10.8. The van der Waals surface area contributed by atoms with Crippen LogP contribution in [-0.2, 0) is 13.1 Å². The lowest BCUT2D eigenvalue weighted by Crippen LogP contribution is -2.30. The molecule has 5 heteroatoms. The molecule has 0 radical (unpaired) electrons. The fourth-order valence-electron chi connectivity index (χ4n) is 4.23. The Kier molecular flexibility index (Phi) is 5.38. The standard InChI is InChI=1S/C27H25N3O2/c1-2-32-22-11-9-19(10-12-22)27(31)30(17-20-5-3-7-25-23(20)13-15-28-25)18-21-6-4-8-26-24(21)14-16-29-26/h3-16,28-29H,2,17-18H2,1H3. The summed E-state index contributed by atoms with van der Waals surface area (Å²) in [5, 5.41) is 2.27. The van der Waals surface area contributed by atoms with Gasteiger partial charge >= 0.3 is 0 Å². The number of hydrogen-bond acceptors (Lipinski definition) is 2. The number of carbonyl (C=O) groups excluding carboxylic acids is 1. The maximum atomic E-state index is 13.6. The molecule has 0 saturated heterocycles. The summed E-state index contributed by atoms with van der Waals surface area (Å²) < 4.78 is 5.54. The summed E-state index contributed by atoms with van der Waals surface area (Å²) in [5.41, 5.74) is 5.02. The van der Waals surface area contributed by atoms with Gasteiger partial charge in [-0.15, -0.1) is 0 Å². The topological polar surface area (TPSA) is 61.1 Å². The van der Waals surface area contributed by atoms with Gasteiger partial charge in [0.1, 0.15) is 5.75 Å². The van der Waals surface area contributed by atoms with Crippen LogP contribution in [0, 0.1) is 0 Å². The van der Waals surface area contributed by atoms with Gasteiger partial charge in [0.05, 0.1) is 6.61 Å². The van der Waals surface area contributed by atoms with E-state index in [1.807, 2.05) is 60.6 Å². The van der Waals surface area contributed by atoms with Crippen LogP contribution in [0.1, 0.15) is 28.4 Å². The van der Waals surface area contributed by atoms with Gasteiger partial charge in [0.2, 0.25) is 0 Å². The lowest BCUT2D eigenvalue weighted by molar-refractivity contribution is 0.0731. The van der Waals surface area contributed by atoms with Gasteiger partial charge in [0, 0.05) is 52.9 Å². The second-order valence-corrected chi connectivity index (χ2v) is 7.83. The normalized spacial score (nSPS) is 11.2. The average molecular weight is 424 g/mol. The van der Waals surface area contributed by atoms with Gasteiger partial charge in [0.25, 0.3) is 5.91 Å². The molecule has 2 heterocycles. The lowest BCUT2D eigenvalue weighted by atomic mass is 10.1. The van der Waals surface area contributed by atoms with Crippen molar-refractivity contribution in [1.29, 1.82) is 0 Å². The number of nitrogens with zero attached hydrogens (tertiary/aromatic N) is 1. The summed E-state index contributed by atoms with van der Waals surface area (Å²) in [7, 11) is 0. The zero-order chi connectivity index (χ0) is 21.9. The molecule has 5 aromatic rings. The van der Waals surface area contributed by atoms with Crippen molar-refractivity contribution in [2.24, 2.45) is 0 Å². The Hall–Kier alpha value is -3.99. The van der Waals surface area contributed by atoms with Crippen molar-refractivity contribution in [3.63, 3.8) is 0 Å². The van der Waals surface area contributed by atoms with Gasteiger partial charge in [-0.25, -0.2) is 0 Å². The largest absolute Gasteiger partial charge is 0.494 e. The number of hydrogen-bond donors (Lipinski definition) is 2. The molecule has 2 aromatic heterocycles. The van der Waals surface area contributed by atoms with Crippen LogP contribution in [0.2, 0.25) is 0 Å². The molecule has 160 valence electrons. The van der Waals surface area contributed by atoms with Crippen molar-refractivity contribution in [2.75, 3.05) is 6.61 Å². The van der Waals surface area contributed by atoms with Gasteiger partial charge in [-0.3, -0.25) is 4.79 Å². The number of fused-ring (bicyclic) bond motifs is 2. The van der Waals surface area contributed by atoms with E-state index < -0.39 is 0 Å². The summed E-state index contributed by atoms with van der Waals surface area (Å²) in [5.74, 6) is 0.762. The minimum absolute atomic E-state index is 0.00636. The van der Waals surface area contributed by atoms with Crippen LogP contribution in [0.15, 0.2) is 85.2 Å². The Morgan fingerprint density at radius 3 is 1.88 bits per heavy atom. The number of benzene rings is 3. The van der Waals surface area contributed by atoms with E-state index in [-0.39, 0.29) is 5.91 Å². The van der Waals surface area contributed by atoms with E-state index in [0.717, 1.165) is 38.7 Å². The van der Waals surface area contributed by atoms with Crippen molar-refractivity contribution in [3.05, 3.63) is 102 Å². The third-order valence-corrected chi connectivity index (χ3v) is 5.79. The molecular formula is C27H25N3O2. The minimum atomic E-state index is -0.00636. The van der Waals surface area contributed by atoms with Crippen molar-refractivity contribution < 1.29 is 9.53 Å². The van der Waals surface area contributed by atoms with Gasteiger partial charge in [-0.1, -0.05) is 24.3 Å². The Balaban J connectivity index is 1.51. The highest BCUT2D eigenvalue weighted by atomic mass is 16.5. The lowest BCUT2D eigenvalue weighted by Gasteiger charge is -2.24. The molecule has 5 nitrogen and oxygen atoms in total. The summed E-state index contributed by atoms with van der Waals surface area (Å²) in [6.07, 6.45) is 3.88. The molecule has 0 spiro atoms. The van der Waals surface area contributed by atoms with Crippen LogP contribution < -0.4 is 4.74 Å². The molecule has 0 saturated carbocycles. The van der Waals surface area contributed by atoms with E-state index in [0.29, 0.717) is 25.3 Å². The molecule has 32 heavy (non-hydrogen) atoms. The van der Waals surface area contributed by atoms with E-state index in [9.17, 15) is 4.79 Å². The molecule has 3 aromatic carbocycles. The molecule has 0 atom stereocenters. The fraction of sp³-hybridized carbons (Fsp3) is 0.148. The Bertz CT molecular complexity index is 1290. The van der Waals surface area contributed by atoms with Gasteiger partial charge in [-0.05, 0) is 66.6 Å². The number of aromatic nitrogens is 2. The van der Waals surface area contributed by atoms with Crippen LogP contribution in [-0.4, -0.2) is 27.4 Å². The second kappa shape index (κ2) is 8.63. The van der Waals surface area contributed by atoms with E-state index in [1.165, 1.54) is 0 Å². The number of amides is 1. The molecule has 1 amide bonds. The van der Waals surface area contributed by atoms with Crippen LogP contribution >= 0.6 is 0 Å². The Morgan fingerprint density at radius 2 is 1.34 bits per heavy atom. The third-order valence-electron chi connectivity index (χ3n) is 5.79. The SMILES string of the molecule is CCOc1ccc(C(=O)N(Cc2cccc3[nH]ccc23)Cc2cccc3[nH]ccc23)cc1. The highest BCUT2D eigenvalue weighted by molar-refractivity contribution is 5.95. The van der Waals surface area contributed by atoms with Crippen LogP contribution in [0.25, 0.3) is 21.8 Å². The quantitative estimate of drug-likeness (QED) is 0.343. The fourth-order valence-corrected chi connectivity index (χ4v) is 4.23. The van der Waals surface area contributed by atoms with Crippen molar-refractivity contribution in [1.82, 2.24) is 14.9 Å². The second-order valence-electron chi connectivity index (χ2n) is 7.83. The minimum Gasteiger partial charge on any atom is -0.494 e. The van der Waals surface area contributed by atoms with E-state index in [2.05, 4.69) is 46.4 Å².